The lowest BCUT2D eigenvalue weighted by molar-refractivity contribution is -0.122. The van der Waals surface area contributed by atoms with Gasteiger partial charge in [0.2, 0.25) is 17.6 Å². The summed E-state index contributed by atoms with van der Waals surface area (Å²) in [5.74, 6) is 0.193. The maximum absolute atomic E-state index is 13.7. The summed E-state index contributed by atoms with van der Waals surface area (Å²) in [4.78, 5) is 37.1. The Kier molecular flexibility index (Phi) is 7.99. The molecule has 38 heavy (non-hydrogen) atoms. The molecule has 204 valence electrons. The van der Waals surface area contributed by atoms with Gasteiger partial charge in [-0.2, -0.15) is 22.7 Å². The zero-order valence-corrected chi connectivity index (χ0v) is 21.1. The van der Waals surface area contributed by atoms with Crippen molar-refractivity contribution < 1.29 is 22.7 Å². The standard InChI is InChI=1S/C24H29F3N8O3/c1-4-17-20(33-11-9-28-10-12-33)22(37)35-23(31-21(32-35)16-6-8-30-19(13-16)38-3)34(17)14-18(36)29-7-5-15(2)24(25,26)27/h6,8,13,28H,2,4-5,7,9-12,14H2,1,3H3,(H,29,36). The minimum atomic E-state index is -4.52. The fourth-order valence-electron chi connectivity index (χ4n) is 4.29. The molecule has 0 spiro atoms. The van der Waals surface area contributed by atoms with E-state index in [2.05, 4.69) is 32.3 Å². The Bertz CT molecular complexity index is 1390. The maximum Gasteiger partial charge on any atom is 0.412 e. The molecule has 3 aromatic rings. The van der Waals surface area contributed by atoms with Crippen molar-refractivity contribution >= 4 is 17.4 Å². The number of halogens is 3. The highest BCUT2D eigenvalue weighted by Gasteiger charge is 2.31. The number of fused-ring (bicyclic) bond motifs is 1. The Morgan fingerprint density at radius 2 is 2.03 bits per heavy atom. The Labute approximate surface area is 216 Å². The van der Waals surface area contributed by atoms with Crippen LogP contribution in [-0.4, -0.2) is 76.1 Å². The molecule has 0 radical (unpaired) electrons. The predicted octanol–water partition coefficient (Wildman–Crippen LogP) is 1.56. The summed E-state index contributed by atoms with van der Waals surface area (Å²) < 4.78 is 46.2. The fraction of sp³-hybridized carbons (Fsp3) is 0.458. The first-order valence-electron chi connectivity index (χ1n) is 12.1. The lowest BCUT2D eigenvalue weighted by Gasteiger charge is -2.31. The van der Waals surface area contributed by atoms with Gasteiger partial charge in [-0.3, -0.25) is 9.59 Å². The number of ether oxygens (including phenoxy) is 1. The van der Waals surface area contributed by atoms with Gasteiger partial charge < -0.3 is 24.8 Å². The third kappa shape index (κ3) is 5.64. The molecule has 4 rings (SSSR count). The first kappa shape index (κ1) is 27.1. The van der Waals surface area contributed by atoms with Crippen LogP contribution in [0.5, 0.6) is 5.88 Å². The van der Waals surface area contributed by atoms with Crippen molar-refractivity contribution in [2.24, 2.45) is 0 Å². The molecule has 14 heteroatoms. The van der Waals surface area contributed by atoms with E-state index < -0.39 is 24.1 Å². The van der Waals surface area contributed by atoms with Crippen LogP contribution in [-0.2, 0) is 17.8 Å². The first-order chi connectivity index (χ1) is 18.1. The molecule has 0 aliphatic carbocycles. The van der Waals surface area contributed by atoms with E-state index in [-0.39, 0.29) is 30.3 Å². The number of hydrogen-bond acceptors (Lipinski definition) is 8. The van der Waals surface area contributed by atoms with E-state index in [0.29, 0.717) is 55.4 Å². The maximum atomic E-state index is 13.7. The van der Waals surface area contributed by atoms with Gasteiger partial charge in [0.1, 0.15) is 12.2 Å². The quantitative estimate of drug-likeness (QED) is 0.397. The topological polar surface area (TPSA) is 119 Å². The van der Waals surface area contributed by atoms with Crippen LogP contribution in [0.4, 0.5) is 18.9 Å². The molecule has 1 amide bonds. The molecule has 4 heterocycles. The lowest BCUT2D eigenvalue weighted by Crippen LogP contribution is -2.47. The van der Waals surface area contributed by atoms with E-state index >= 15 is 0 Å². The van der Waals surface area contributed by atoms with Gasteiger partial charge in [-0.05, 0) is 18.9 Å². The van der Waals surface area contributed by atoms with Gasteiger partial charge in [0.05, 0.1) is 12.8 Å². The monoisotopic (exact) mass is 534 g/mol. The first-order valence-corrected chi connectivity index (χ1v) is 12.1. The zero-order valence-electron chi connectivity index (χ0n) is 21.1. The van der Waals surface area contributed by atoms with Crippen molar-refractivity contribution in [1.29, 1.82) is 0 Å². The van der Waals surface area contributed by atoms with Crippen molar-refractivity contribution in [3.05, 3.63) is 46.5 Å². The normalized spacial score (nSPS) is 14.1. The fourth-order valence-corrected chi connectivity index (χ4v) is 4.29. The Morgan fingerprint density at radius 3 is 2.68 bits per heavy atom. The van der Waals surface area contributed by atoms with E-state index in [9.17, 15) is 22.8 Å². The van der Waals surface area contributed by atoms with Gasteiger partial charge in [0.15, 0.2) is 5.82 Å². The molecule has 0 aromatic carbocycles. The summed E-state index contributed by atoms with van der Waals surface area (Å²) in [6, 6.07) is 3.30. The number of nitrogens with zero attached hydrogens (tertiary/aromatic N) is 6. The summed E-state index contributed by atoms with van der Waals surface area (Å²) in [5, 5.41) is 10.2. The number of pyridine rings is 1. The van der Waals surface area contributed by atoms with Crippen LogP contribution in [0.25, 0.3) is 17.2 Å². The van der Waals surface area contributed by atoms with E-state index in [0.717, 1.165) is 4.52 Å². The molecule has 3 aromatic heterocycles. The summed E-state index contributed by atoms with van der Waals surface area (Å²) in [7, 11) is 1.48. The van der Waals surface area contributed by atoms with Gasteiger partial charge in [0, 0.05) is 56.1 Å². The predicted molar refractivity (Wildman–Crippen MR) is 134 cm³/mol. The van der Waals surface area contributed by atoms with E-state index in [4.69, 9.17) is 4.74 Å². The van der Waals surface area contributed by atoms with Gasteiger partial charge in [-0.15, -0.1) is 5.10 Å². The van der Waals surface area contributed by atoms with Crippen LogP contribution in [0.1, 0.15) is 19.0 Å². The van der Waals surface area contributed by atoms with E-state index in [1.54, 1.807) is 16.7 Å². The Hall–Kier alpha value is -3.94. The second kappa shape index (κ2) is 11.2. The molecular weight excluding hydrogens is 505 g/mol. The molecule has 2 N–H and O–H groups in total. The van der Waals surface area contributed by atoms with Crippen LogP contribution in [0, 0.1) is 0 Å². The van der Waals surface area contributed by atoms with Crippen molar-refractivity contribution in [2.45, 2.75) is 32.5 Å². The average molecular weight is 535 g/mol. The SMILES string of the molecule is C=C(CCNC(=O)Cn1c(CC)c(N2CCNCC2)c(=O)n2nc(-c3ccnc(OC)c3)nc12)C(F)(F)F. The van der Waals surface area contributed by atoms with E-state index in [1.165, 1.54) is 13.3 Å². The molecule has 11 nitrogen and oxygen atoms in total. The lowest BCUT2D eigenvalue weighted by atomic mass is 10.2. The number of methoxy groups -OCH3 is 1. The third-order valence-corrected chi connectivity index (χ3v) is 6.25. The van der Waals surface area contributed by atoms with Crippen molar-refractivity contribution in [3.63, 3.8) is 0 Å². The summed E-state index contributed by atoms with van der Waals surface area (Å²) in [6.07, 6.45) is -3.01. The average Bonchev–Trinajstić information content (AvgIpc) is 3.36. The third-order valence-electron chi connectivity index (χ3n) is 6.25. The highest BCUT2D eigenvalue weighted by atomic mass is 19.4. The summed E-state index contributed by atoms with van der Waals surface area (Å²) >= 11 is 0. The molecule has 1 aliphatic rings. The summed E-state index contributed by atoms with van der Waals surface area (Å²) in [5.41, 5.74) is 0.280. The van der Waals surface area contributed by atoms with Crippen LogP contribution in [0.2, 0.25) is 0 Å². The molecule has 0 unspecified atom stereocenters. The highest BCUT2D eigenvalue weighted by Crippen LogP contribution is 2.26. The Morgan fingerprint density at radius 1 is 1.29 bits per heavy atom. The molecule has 0 atom stereocenters. The number of alkyl halides is 3. The number of nitrogens with one attached hydrogen (secondary N) is 2. The number of rotatable bonds is 9. The number of anilines is 1. The van der Waals surface area contributed by atoms with Gasteiger partial charge in [0.25, 0.3) is 5.56 Å². The van der Waals surface area contributed by atoms with Crippen LogP contribution < -0.4 is 25.8 Å². The van der Waals surface area contributed by atoms with Crippen LogP contribution in [0.3, 0.4) is 0 Å². The Balaban J connectivity index is 1.76. The van der Waals surface area contributed by atoms with Crippen molar-refractivity contribution in [3.8, 4) is 17.3 Å². The molecule has 1 saturated heterocycles. The van der Waals surface area contributed by atoms with E-state index in [1.807, 2.05) is 11.8 Å². The zero-order chi connectivity index (χ0) is 27.4. The number of piperazine rings is 1. The minimum absolute atomic E-state index is 0.145. The number of amides is 1. The van der Waals surface area contributed by atoms with Crippen molar-refractivity contribution in [2.75, 3.05) is 44.7 Å². The number of carbonyl (C=O) groups is 1. The van der Waals surface area contributed by atoms with Crippen LogP contribution >= 0.6 is 0 Å². The smallest absolute Gasteiger partial charge is 0.412 e. The highest BCUT2D eigenvalue weighted by molar-refractivity contribution is 5.77. The van der Waals surface area contributed by atoms with Crippen molar-refractivity contribution in [1.82, 2.24) is 34.8 Å². The molecule has 1 fully saturated rings. The van der Waals surface area contributed by atoms with Crippen LogP contribution in [0.15, 0.2) is 35.3 Å². The largest absolute Gasteiger partial charge is 0.481 e. The molecule has 0 saturated carbocycles. The van der Waals surface area contributed by atoms with Gasteiger partial charge >= 0.3 is 6.18 Å². The number of hydrogen-bond donors (Lipinski definition) is 2. The minimum Gasteiger partial charge on any atom is -0.481 e. The number of carbonyl (C=O) groups excluding carboxylic acids is 1. The number of aromatic nitrogens is 5. The molecule has 1 aliphatic heterocycles. The summed E-state index contributed by atoms with van der Waals surface area (Å²) in [6.45, 7) is 6.95. The molecular formula is C24H29F3N8O3. The molecule has 0 bridgehead atoms. The second-order valence-electron chi connectivity index (χ2n) is 8.71. The van der Waals surface area contributed by atoms with Gasteiger partial charge in [-0.1, -0.05) is 13.5 Å². The van der Waals surface area contributed by atoms with Gasteiger partial charge in [-0.25, -0.2) is 4.98 Å². The second-order valence-corrected chi connectivity index (χ2v) is 8.71.